The Hall–Kier alpha value is -1.66. The number of rotatable bonds is 64. The zero-order valence-corrected chi connectivity index (χ0v) is 50.8. The molecule has 0 aliphatic rings. The molecule has 2 atom stereocenters. The van der Waals surface area contributed by atoms with Crippen molar-refractivity contribution in [3.63, 3.8) is 0 Å². The van der Waals surface area contributed by atoms with Crippen molar-refractivity contribution in [2.45, 2.75) is 392 Å². The van der Waals surface area contributed by atoms with Crippen LogP contribution in [0.15, 0.2) is 24.3 Å². The summed E-state index contributed by atoms with van der Waals surface area (Å²) in [6.07, 6.45) is 80.9. The van der Waals surface area contributed by atoms with Crippen molar-refractivity contribution in [2.75, 3.05) is 13.2 Å². The maximum atomic E-state index is 12.5. The highest BCUT2D eigenvalue weighted by Crippen LogP contribution is 2.18. The molecule has 0 spiro atoms. The molecule has 444 valence electrons. The summed E-state index contributed by atoms with van der Waals surface area (Å²) in [5.74, 6) is -0.0665. The molecule has 6 heteroatoms. The molecule has 0 fully saturated rings. The summed E-state index contributed by atoms with van der Waals surface area (Å²) in [6, 6.07) is -0.636. The molecule has 1 amide bonds. The maximum Gasteiger partial charge on any atom is 0.305 e. The van der Waals surface area contributed by atoms with Crippen LogP contribution in [0.2, 0.25) is 0 Å². The summed E-state index contributed by atoms with van der Waals surface area (Å²) in [7, 11) is 0. The van der Waals surface area contributed by atoms with Gasteiger partial charge in [-0.1, -0.05) is 334 Å². The van der Waals surface area contributed by atoms with Crippen molar-refractivity contribution in [1.29, 1.82) is 0 Å². The fraction of sp³-hybridized carbons (Fsp3) is 0.913. The van der Waals surface area contributed by atoms with Crippen LogP contribution in [0.1, 0.15) is 380 Å². The lowest BCUT2D eigenvalue weighted by atomic mass is 10.0. The van der Waals surface area contributed by atoms with Crippen LogP contribution in [0.25, 0.3) is 0 Å². The molecule has 6 nitrogen and oxygen atoms in total. The molecule has 0 aliphatic heterocycles. The summed E-state index contributed by atoms with van der Waals surface area (Å²) >= 11 is 0. The van der Waals surface area contributed by atoms with E-state index in [1.165, 1.54) is 308 Å². The van der Waals surface area contributed by atoms with E-state index in [4.69, 9.17) is 4.74 Å². The molecule has 0 heterocycles. The normalized spacial score (nSPS) is 12.6. The van der Waals surface area contributed by atoms with Crippen LogP contribution in [0.4, 0.5) is 0 Å². The number of hydrogen-bond donors (Lipinski definition) is 3. The van der Waals surface area contributed by atoms with Gasteiger partial charge < -0.3 is 20.3 Å². The quantitative estimate of drug-likeness (QED) is 0.0320. The van der Waals surface area contributed by atoms with Crippen LogP contribution < -0.4 is 5.32 Å². The largest absolute Gasteiger partial charge is 0.466 e. The van der Waals surface area contributed by atoms with Gasteiger partial charge in [-0.25, -0.2) is 0 Å². The van der Waals surface area contributed by atoms with Gasteiger partial charge in [-0.15, -0.1) is 0 Å². The number of hydrogen-bond acceptors (Lipinski definition) is 5. The van der Waals surface area contributed by atoms with Gasteiger partial charge in [-0.3, -0.25) is 9.59 Å². The smallest absolute Gasteiger partial charge is 0.305 e. The third kappa shape index (κ3) is 61.4. The molecule has 0 saturated carbocycles. The first-order valence-electron chi connectivity index (χ1n) is 34.1. The second kappa shape index (κ2) is 64.9. The maximum absolute atomic E-state index is 12.5. The third-order valence-electron chi connectivity index (χ3n) is 16.0. The minimum Gasteiger partial charge on any atom is -0.466 e. The first kappa shape index (κ1) is 73.3. The highest BCUT2D eigenvalue weighted by Gasteiger charge is 2.18. The van der Waals surface area contributed by atoms with E-state index in [-0.39, 0.29) is 18.5 Å². The number of esters is 1. The molecule has 75 heavy (non-hydrogen) atoms. The molecule has 2 unspecified atom stereocenters. The van der Waals surface area contributed by atoms with E-state index >= 15 is 0 Å². The van der Waals surface area contributed by atoms with Crippen molar-refractivity contribution >= 4 is 11.9 Å². The van der Waals surface area contributed by atoms with E-state index in [1.54, 1.807) is 6.08 Å². The zero-order valence-electron chi connectivity index (χ0n) is 50.8. The molecule has 0 radical (unpaired) electrons. The molecule has 0 rings (SSSR count). The molecule has 0 bridgehead atoms. The molecular weight excluding hydrogens is 923 g/mol. The van der Waals surface area contributed by atoms with Crippen LogP contribution in [0.3, 0.4) is 0 Å². The Morgan fingerprint density at radius 3 is 0.947 bits per heavy atom. The fourth-order valence-electron chi connectivity index (χ4n) is 10.7. The SMILES string of the molecule is CCCCCCCCCCCCCCCCCCCCCCCC/C=C/C(O)C(CO)NC(=O)CCCCCCCCC/C=C\CCCCCCCCCCOC(=O)CCCCCCCCCCCCCCCCC. The molecule has 0 aromatic rings. The van der Waals surface area contributed by atoms with E-state index in [0.717, 1.165) is 44.9 Å². The van der Waals surface area contributed by atoms with Crippen LogP contribution in [-0.2, 0) is 14.3 Å². The number of nitrogens with one attached hydrogen (secondary N) is 1. The summed E-state index contributed by atoms with van der Waals surface area (Å²) in [4.78, 5) is 24.6. The monoisotopic (exact) mass is 1060 g/mol. The Kier molecular flexibility index (Phi) is 63.4. The number of carbonyl (C=O) groups excluding carboxylic acids is 2. The average Bonchev–Trinajstić information content (AvgIpc) is 3.41. The van der Waals surface area contributed by atoms with Gasteiger partial charge in [0, 0.05) is 12.8 Å². The number of ether oxygens (including phenoxy) is 1. The standard InChI is InChI=1S/C69H133NO5/c1-3-5-7-9-11-13-15-17-19-20-21-22-23-24-25-27-30-34-37-41-45-49-53-57-61-67(72)66(65-71)70-68(73)62-58-54-50-46-42-38-35-31-28-26-29-32-36-40-44-48-52-56-60-64-75-69(74)63-59-55-51-47-43-39-33-18-16-14-12-10-8-6-4-2/h26,28,57,61,66-67,71-72H,3-25,27,29-56,58-60,62-65H2,1-2H3,(H,70,73)/b28-26-,61-57+. The van der Waals surface area contributed by atoms with Gasteiger partial charge >= 0.3 is 5.97 Å². The third-order valence-corrected chi connectivity index (χ3v) is 16.0. The van der Waals surface area contributed by atoms with E-state index in [1.807, 2.05) is 6.08 Å². The minimum absolute atomic E-state index is 0.00695. The Bertz CT molecular complexity index is 1170. The second-order valence-electron chi connectivity index (χ2n) is 23.5. The number of amides is 1. The van der Waals surface area contributed by atoms with Crippen molar-refractivity contribution in [1.82, 2.24) is 5.32 Å². The highest BCUT2D eigenvalue weighted by molar-refractivity contribution is 5.76. The number of aliphatic hydroxyl groups excluding tert-OH is 2. The molecule has 0 aromatic carbocycles. The van der Waals surface area contributed by atoms with Gasteiger partial charge in [0.25, 0.3) is 0 Å². The first-order valence-corrected chi connectivity index (χ1v) is 34.1. The van der Waals surface area contributed by atoms with E-state index in [9.17, 15) is 19.8 Å². The van der Waals surface area contributed by atoms with Crippen LogP contribution in [-0.4, -0.2) is 47.4 Å². The summed E-state index contributed by atoms with van der Waals surface area (Å²) in [5.41, 5.74) is 0. The predicted molar refractivity (Wildman–Crippen MR) is 329 cm³/mol. The van der Waals surface area contributed by atoms with Gasteiger partial charge in [0.15, 0.2) is 0 Å². The minimum atomic E-state index is -0.852. The van der Waals surface area contributed by atoms with Gasteiger partial charge in [-0.05, 0) is 57.8 Å². The molecule has 0 saturated heterocycles. The van der Waals surface area contributed by atoms with Crippen LogP contribution in [0.5, 0.6) is 0 Å². The number of aliphatic hydroxyl groups is 2. The number of carbonyl (C=O) groups is 2. The summed E-state index contributed by atoms with van der Waals surface area (Å²) in [5, 5.41) is 23.2. The Morgan fingerprint density at radius 2 is 0.627 bits per heavy atom. The topological polar surface area (TPSA) is 95.9 Å². The lowest BCUT2D eigenvalue weighted by Gasteiger charge is -2.20. The molecule has 0 aliphatic carbocycles. The Balaban J connectivity index is 3.45. The second-order valence-corrected chi connectivity index (χ2v) is 23.5. The number of allylic oxidation sites excluding steroid dienone is 3. The lowest BCUT2D eigenvalue weighted by Crippen LogP contribution is -2.45. The van der Waals surface area contributed by atoms with E-state index in [2.05, 4.69) is 31.3 Å². The van der Waals surface area contributed by atoms with Gasteiger partial charge in [-0.2, -0.15) is 0 Å². The van der Waals surface area contributed by atoms with Crippen LogP contribution in [0, 0.1) is 0 Å². The van der Waals surface area contributed by atoms with Crippen molar-refractivity contribution < 1.29 is 24.5 Å². The van der Waals surface area contributed by atoms with Gasteiger partial charge in [0.05, 0.1) is 25.4 Å². The summed E-state index contributed by atoms with van der Waals surface area (Å²) < 4.78 is 5.49. The Morgan fingerprint density at radius 1 is 0.360 bits per heavy atom. The predicted octanol–water partition coefficient (Wildman–Crippen LogP) is 21.8. The molecule has 0 aromatic heterocycles. The first-order chi connectivity index (χ1) is 37.0. The Labute approximate surface area is 469 Å². The lowest BCUT2D eigenvalue weighted by molar-refractivity contribution is -0.143. The fourth-order valence-corrected chi connectivity index (χ4v) is 10.7. The average molecular weight is 1060 g/mol. The van der Waals surface area contributed by atoms with Crippen molar-refractivity contribution in [3.05, 3.63) is 24.3 Å². The van der Waals surface area contributed by atoms with Gasteiger partial charge in [0.2, 0.25) is 5.91 Å². The molecular formula is C69H133NO5. The van der Waals surface area contributed by atoms with E-state index in [0.29, 0.717) is 19.4 Å². The van der Waals surface area contributed by atoms with Crippen molar-refractivity contribution in [3.8, 4) is 0 Å². The van der Waals surface area contributed by atoms with E-state index < -0.39 is 12.1 Å². The van der Waals surface area contributed by atoms with Crippen LogP contribution >= 0.6 is 0 Å². The summed E-state index contributed by atoms with van der Waals surface area (Å²) in [6.45, 7) is 4.93. The number of unbranched alkanes of at least 4 members (excludes halogenated alkanes) is 51. The molecule has 3 N–H and O–H groups in total. The van der Waals surface area contributed by atoms with Gasteiger partial charge in [0.1, 0.15) is 0 Å². The van der Waals surface area contributed by atoms with Crippen molar-refractivity contribution in [2.24, 2.45) is 0 Å². The zero-order chi connectivity index (χ0) is 54.3. The highest BCUT2D eigenvalue weighted by atomic mass is 16.5.